The van der Waals surface area contributed by atoms with Gasteiger partial charge in [0.25, 0.3) is 0 Å². The maximum atomic E-state index is 13.0. The number of carboxylic acids is 1. The van der Waals surface area contributed by atoms with E-state index < -0.39 is 17.7 Å². The van der Waals surface area contributed by atoms with E-state index in [4.69, 9.17) is 9.84 Å². The number of carbonyl (C=O) groups is 1. The number of benzene rings is 2. The molecule has 1 N–H and O–H groups in total. The lowest BCUT2D eigenvalue weighted by Crippen LogP contribution is -2.25. The second kappa shape index (κ2) is 6.07. The first kappa shape index (κ1) is 16.2. The van der Waals surface area contributed by atoms with Crippen molar-refractivity contribution < 1.29 is 27.8 Å². The molecule has 3 rings (SSSR count). The van der Waals surface area contributed by atoms with Gasteiger partial charge >= 0.3 is 12.1 Å². The fraction of sp³-hybridized carbons (Fsp3) is 0.235. The van der Waals surface area contributed by atoms with Crippen LogP contribution in [-0.4, -0.2) is 17.6 Å². The Morgan fingerprint density at radius 2 is 1.92 bits per heavy atom. The molecular formula is C17H14F3NO3. The molecule has 1 aliphatic rings. The number of halogens is 3. The molecule has 0 atom stereocenters. The molecule has 0 aliphatic carbocycles. The molecule has 7 heteroatoms. The quantitative estimate of drug-likeness (QED) is 0.908. The number of hydrogen-bond acceptors (Lipinski definition) is 3. The van der Waals surface area contributed by atoms with Gasteiger partial charge in [0, 0.05) is 18.7 Å². The van der Waals surface area contributed by atoms with E-state index in [1.54, 1.807) is 29.2 Å². The molecule has 0 amide bonds. The van der Waals surface area contributed by atoms with Crippen LogP contribution in [0.3, 0.4) is 0 Å². The third kappa shape index (κ3) is 3.29. The van der Waals surface area contributed by atoms with Crippen LogP contribution >= 0.6 is 0 Å². The highest BCUT2D eigenvalue weighted by Gasteiger charge is 2.32. The highest BCUT2D eigenvalue weighted by Crippen LogP contribution is 2.42. The minimum Gasteiger partial charge on any atom is -0.481 e. The first-order valence-corrected chi connectivity index (χ1v) is 7.28. The molecule has 0 bridgehead atoms. The first-order valence-electron chi connectivity index (χ1n) is 7.28. The number of para-hydroxylation sites is 1. The Hall–Kier alpha value is -2.70. The van der Waals surface area contributed by atoms with Crippen LogP contribution in [0.2, 0.25) is 0 Å². The minimum absolute atomic E-state index is 0.0847. The lowest BCUT2D eigenvalue weighted by atomic mass is 10.1. The zero-order valence-corrected chi connectivity index (χ0v) is 12.5. The van der Waals surface area contributed by atoms with Crippen molar-refractivity contribution in [1.29, 1.82) is 0 Å². The van der Waals surface area contributed by atoms with Crippen LogP contribution in [0.1, 0.15) is 17.5 Å². The van der Waals surface area contributed by atoms with E-state index in [-0.39, 0.29) is 30.9 Å². The fourth-order valence-corrected chi connectivity index (χ4v) is 2.60. The zero-order chi connectivity index (χ0) is 17.3. The summed E-state index contributed by atoms with van der Waals surface area (Å²) >= 11 is 0. The van der Waals surface area contributed by atoms with Crippen LogP contribution in [-0.2, 0) is 17.5 Å². The summed E-state index contributed by atoms with van der Waals surface area (Å²) in [6, 6.07) is 10.3. The Kier molecular flexibility index (Phi) is 4.09. The van der Waals surface area contributed by atoms with E-state index in [9.17, 15) is 18.0 Å². The molecule has 0 spiro atoms. The molecule has 4 nitrogen and oxygen atoms in total. The largest absolute Gasteiger partial charge is 0.481 e. The smallest absolute Gasteiger partial charge is 0.416 e. The maximum Gasteiger partial charge on any atom is 0.416 e. The molecule has 0 unspecified atom stereocenters. The number of ether oxygens (including phenoxy) is 1. The van der Waals surface area contributed by atoms with Crippen molar-refractivity contribution in [2.45, 2.75) is 19.1 Å². The standard InChI is InChI=1S/C17H14F3NO3/c18-17(19,20)12-5-6-15-13(9-12)21(8-7-16(22)23)10-11-3-1-2-4-14(11)24-15/h1-6,9H,7-8,10H2,(H,22,23). The van der Waals surface area contributed by atoms with Crippen LogP contribution in [0.15, 0.2) is 42.5 Å². The third-order valence-corrected chi connectivity index (χ3v) is 3.78. The zero-order valence-electron chi connectivity index (χ0n) is 12.5. The van der Waals surface area contributed by atoms with Crippen LogP contribution in [0, 0.1) is 0 Å². The predicted molar refractivity (Wildman–Crippen MR) is 81.3 cm³/mol. The molecule has 1 heterocycles. The van der Waals surface area contributed by atoms with Crippen molar-refractivity contribution in [3.8, 4) is 11.5 Å². The SMILES string of the molecule is O=C(O)CCN1Cc2ccccc2Oc2ccc(C(F)(F)F)cc21. The van der Waals surface area contributed by atoms with Gasteiger partial charge in [0.1, 0.15) is 5.75 Å². The molecule has 0 aromatic heterocycles. The maximum absolute atomic E-state index is 13.0. The number of anilines is 1. The topological polar surface area (TPSA) is 49.8 Å². The van der Waals surface area contributed by atoms with E-state index in [2.05, 4.69) is 0 Å². The number of fused-ring (bicyclic) bond motifs is 2. The van der Waals surface area contributed by atoms with Crippen molar-refractivity contribution in [3.63, 3.8) is 0 Å². The monoisotopic (exact) mass is 337 g/mol. The minimum atomic E-state index is -4.48. The summed E-state index contributed by atoms with van der Waals surface area (Å²) in [7, 11) is 0. The normalized spacial score (nSPS) is 13.5. The van der Waals surface area contributed by atoms with Gasteiger partial charge in [0.2, 0.25) is 0 Å². The molecule has 126 valence electrons. The fourth-order valence-electron chi connectivity index (χ4n) is 2.60. The van der Waals surface area contributed by atoms with Gasteiger partial charge in [0.05, 0.1) is 17.7 Å². The van der Waals surface area contributed by atoms with Gasteiger partial charge in [-0.3, -0.25) is 4.79 Å². The van der Waals surface area contributed by atoms with E-state index in [1.807, 2.05) is 0 Å². The van der Waals surface area contributed by atoms with Crippen molar-refractivity contribution in [2.75, 3.05) is 11.4 Å². The van der Waals surface area contributed by atoms with Gasteiger partial charge in [0.15, 0.2) is 5.75 Å². The van der Waals surface area contributed by atoms with Gasteiger partial charge in [-0.2, -0.15) is 13.2 Å². The van der Waals surface area contributed by atoms with Crippen LogP contribution in [0.25, 0.3) is 0 Å². The summed E-state index contributed by atoms with van der Waals surface area (Å²) in [6.45, 7) is 0.360. The second-order valence-electron chi connectivity index (χ2n) is 5.46. The summed E-state index contributed by atoms with van der Waals surface area (Å²) in [5.41, 5.74) is 0.228. The highest BCUT2D eigenvalue weighted by atomic mass is 19.4. The average Bonchev–Trinajstić information content (AvgIpc) is 2.67. The summed E-state index contributed by atoms with van der Waals surface area (Å²) in [5.74, 6) is -0.184. The second-order valence-corrected chi connectivity index (χ2v) is 5.46. The Bertz CT molecular complexity index is 774. The van der Waals surface area contributed by atoms with E-state index >= 15 is 0 Å². The highest BCUT2D eigenvalue weighted by molar-refractivity contribution is 5.69. The van der Waals surface area contributed by atoms with Gasteiger partial charge < -0.3 is 14.7 Å². The number of alkyl halides is 3. The van der Waals surface area contributed by atoms with E-state index in [1.165, 1.54) is 6.07 Å². The molecule has 2 aromatic rings. The average molecular weight is 337 g/mol. The van der Waals surface area contributed by atoms with Crippen molar-refractivity contribution in [3.05, 3.63) is 53.6 Å². The summed E-state index contributed by atoms with van der Waals surface area (Å²) in [6.07, 6.45) is -4.66. The number of carboxylic acid groups (broad SMARTS) is 1. The van der Waals surface area contributed by atoms with E-state index in [0.717, 1.165) is 17.7 Å². The van der Waals surface area contributed by atoms with Gasteiger partial charge in [-0.05, 0) is 24.3 Å². The van der Waals surface area contributed by atoms with Crippen LogP contribution in [0.4, 0.5) is 18.9 Å². The Balaban J connectivity index is 2.06. The van der Waals surface area contributed by atoms with Crippen molar-refractivity contribution in [2.24, 2.45) is 0 Å². The summed E-state index contributed by atoms with van der Waals surface area (Å²) in [4.78, 5) is 12.5. The number of hydrogen-bond donors (Lipinski definition) is 1. The lowest BCUT2D eigenvalue weighted by Gasteiger charge is -2.24. The Labute approximate surface area is 136 Å². The Morgan fingerprint density at radius 1 is 1.17 bits per heavy atom. The third-order valence-electron chi connectivity index (χ3n) is 3.78. The number of aliphatic carboxylic acids is 1. The molecule has 1 aliphatic heterocycles. The first-order chi connectivity index (χ1) is 11.3. The molecule has 2 aromatic carbocycles. The predicted octanol–water partition coefficient (Wildman–Crippen LogP) is 4.29. The van der Waals surface area contributed by atoms with Gasteiger partial charge in [-0.15, -0.1) is 0 Å². The number of nitrogens with zero attached hydrogens (tertiary/aromatic N) is 1. The molecule has 0 saturated carbocycles. The Morgan fingerprint density at radius 3 is 2.62 bits per heavy atom. The van der Waals surface area contributed by atoms with Crippen molar-refractivity contribution in [1.82, 2.24) is 0 Å². The molecule has 0 fully saturated rings. The van der Waals surface area contributed by atoms with Crippen LogP contribution < -0.4 is 9.64 Å². The summed E-state index contributed by atoms with van der Waals surface area (Å²) < 4.78 is 44.8. The molecule has 0 saturated heterocycles. The lowest BCUT2D eigenvalue weighted by molar-refractivity contribution is -0.138. The van der Waals surface area contributed by atoms with Gasteiger partial charge in [-0.1, -0.05) is 18.2 Å². The van der Waals surface area contributed by atoms with Crippen molar-refractivity contribution >= 4 is 11.7 Å². The van der Waals surface area contributed by atoms with Crippen LogP contribution in [0.5, 0.6) is 11.5 Å². The van der Waals surface area contributed by atoms with E-state index in [0.29, 0.717) is 5.75 Å². The molecular weight excluding hydrogens is 323 g/mol. The van der Waals surface area contributed by atoms with Gasteiger partial charge in [-0.25, -0.2) is 0 Å². The molecule has 24 heavy (non-hydrogen) atoms. The summed E-state index contributed by atoms with van der Waals surface area (Å²) in [5, 5.41) is 8.90. The molecule has 0 radical (unpaired) electrons. The number of rotatable bonds is 3.